The molecule has 0 atom stereocenters. The van der Waals surface area contributed by atoms with Crippen molar-refractivity contribution < 1.29 is 9.53 Å². The number of carbonyl (C=O) groups excluding carboxylic acids is 1. The molecule has 0 amide bonds. The average molecular weight is 464 g/mol. The van der Waals surface area contributed by atoms with Gasteiger partial charge in [-0.3, -0.25) is 9.78 Å². The van der Waals surface area contributed by atoms with Crippen LogP contribution in [-0.4, -0.2) is 45.9 Å². The Balaban J connectivity index is 1.49. The molecule has 0 radical (unpaired) electrons. The van der Waals surface area contributed by atoms with E-state index < -0.39 is 0 Å². The first-order valence-corrected chi connectivity index (χ1v) is 11.1. The van der Waals surface area contributed by atoms with Crippen molar-refractivity contribution in [2.24, 2.45) is 7.05 Å². The lowest BCUT2D eigenvalue weighted by Crippen LogP contribution is -2.14. The summed E-state index contributed by atoms with van der Waals surface area (Å²) in [5.41, 5.74) is 3.07. The molecule has 0 aliphatic carbocycles. The number of hydrogen-bond donors (Lipinski definition) is 1. The topological polar surface area (TPSA) is 72.3 Å². The lowest BCUT2D eigenvalue weighted by Gasteiger charge is -2.09. The molecule has 2 aromatic heterocycles. The van der Waals surface area contributed by atoms with E-state index in [4.69, 9.17) is 21.3 Å². The summed E-state index contributed by atoms with van der Waals surface area (Å²) in [6.45, 7) is 0.862. The molecule has 2 aromatic carbocycles. The van der Waals surface area contributed by atoms with Crippen molar-refractivity contribution in [2.75, 3.05) is 26.0 Å². The fraction of sp³-hybridized carbons (Fsp3) is 0.240. The molecule has 0 spiro atoms. The van der Waals surface area contributed by atoms with Gasteiger partial charge in [0.1, 0.15) is 17.2 Å². The SMILES string of the molecule is CN(C)CCCC(=O)c1cc(Oc2ccc3c(c2)nc(Nc2ccc(Cl)cc2)n3C)ccn1. The molecule has 0 saturated heterocycles. The number of ketones is 1. The van der Waals surface area contributed by atoms with Gasteiger partial charge in [-0.15, -0.1) is 0 Å². The number of carbonyl (C=O) groups is 1. The molecule has 4 aromatic rings. The minimum absolute atomic E-state index is 0.0143. The number of anilines is 2. The van der Waals surface area contributed by atoms with Gasteiger partial charge < -0.3 is 19.5 Å². The Morgan fingerprint density at radius 2 is 1.85 bits per heavy atom. The highest BCUT2D eigenvalue weighted by molar-refractivity contribution is 6.30. The van der Waals surface area contributed by atoms with Crippen molar-refractivity contribution in [3.8, 4) is 11.5 Å². The highest BCUT2D eigenvalue weighted by Crippen LogP contribution is 2.28. The van der Waals surface area contributed by atoms with Crippen LogP contribution in [0.3, 0.4) is 0 Å². The first kappa shape index (κ1) is 22.8. The number of benzene rings is 2. The number of hydrogen-bond acceptors (Lipinski definition) is 6. The van der Waals surface area contributed by atoms with Gasteiger partial charge in [-0.2, -0.15) is 0 Å². The predicted octanol–water partition coefficient (Wildman–Crippen LogP) is 5.68. The van der Waals surface area contributed by atoms with Gasteiger partial charge in [-0.05, 0) is 69.5 Å². The molecule has 170 valence electrons. The molecule has 0 aliphatic rings. The van der Waals surface area contributed by atoms with Crippen molar-refractivity contribution in [1.29, 1.82) is 0 Å². The maximum atomic E-state index is 12.5. The molecule has 0 aliphatic heterocycles. The van der Waals surface area contributed by atoms with E-state index in [0.717, 1.165) is 29.7 Å². The fourth-order valence-electron chi connectivity index (χ4n) is 3.46. The molecular formula is C25H26ClN5O2. The van der Waals surface area contributed by atoms with Gasteiger partial charge in [0.15, 0.2) is 5.78 Å². The monoisotopic (exact) mass is 463 g/mol. The van der Waals surface area contributed by atoms with Crippen LogP contribution in [0.15, 0.2) is 60.8 Å². The van der Waals surface area contributed by atoms with E-state index in [2.05, 4.69) is 15.2 Å². The highest BCUT2D eigenvalue weighted by atomic mass is 35.5. The smallest absolute Gasteiger partial charge is 0.208 e. The zero-order chi connectivity index (χ0) is 23.4. The molecule has 7 nitrogen and oxygen atoms in total. The second-order valence-corrected chi connectivity index (χ2v) is 8.52. The second kappa shape index (κ2) is 10.0. The first-order chi connectivity index (χ1) is 15.9. The molecule has 8 heteroatoms. The summed E-state index contributed by atoms with van der Waals surface area (Å²) in [6.07, 6.45) is 2.85. The van der Waals surface area contributed by atoms with Crippen LogP contribution < -0.4 is 10.1 Å². The van der Waals surface area contributed by atoms with Crippen LogP contribution in [0.4, 0.5) is 11.6 Å². The average Bonchev–Trinajstić information content (AvgIpc) is 3.09. The molecule has 33 heavy (non-hydrogen) atoms. The van der Waals surface area contributed by atoms with E-state index in [-0.39, 0.29) is 5.78 Å². The van der Waals surface area contributed by atoms with Crippen LogP contribution in [0.5, 0.6) is 11.5 Å². The van der Waals surface area contributed by atoms with Crippen molar-refractivity contribution in [3.63, 3.8) is 0 Å². The summed E-state index contributed by atoms with van der Waals surface area (Å²) in [5, 5.41) is 3.99. The Morgan fingerprint density at radius 1 is 1.09 bits per heavy atom. The third-order valence-electron chi connectivity index (χ3n) is 5.21. The predicted molar refractivity (Wildman–Crippen MR) is 132 cm³/mol. The highest BCUT2D eigenvalue weighted by Gasteiger charge is 2.12. The van der Waals surface area contributed by atoms with Crippen LogP contribution in [0, 0.1) is 0 Å². The van der Waals surface area contributed by atoms with Crippen LogP contribution in [0.25, 0.3) is 11.0 Å². The summed E-state index contributed by atoms with van der Waals surface area (Å²) in [6, 6.07) is 16.6. The van der Waals surface area contributed by atoms with E-state index in [1.54, 1.807) is 18.3 Å². The molecular weight excluding hydrogens is 438 g/mol. The van der Waals surface area contributed by atoms with E-state index in [9.17, 15) is 4.79 Å². The zero-order valence-electron chi connectivity index (χ0n) is 18.9. The first-order valence-electron chi connectivity index (χ1n) is 10.7. The number of ether oxygens (including phenoxy) is 1. The lowest BCUT2D eigenvalue weighted by molar-refractivity contribution is 0.0972. The molecule has 1 N–H and O–H groups in total. The minimum atomic E-state index is 0.0143. The number of aromatic nitrogens is 3. The maximum absolute atomic E-state index is 12.5. The van der Waals surface area contributed by atoms with Crippen molar-refractivity contribution in [1.82, 2.24) is 19.4 Å². The van der Waals surface area contributed by atoms with E-state index >= 15 is 0 Å². The number of pyridine rings is 1. The van der Waals surface area contributed by atoms with Crippen LogP contribution in [-0.2, 0) is 7.05 Å². The number of aryl methyl sites for hydroxylation is 1. The van der Waals surface area contributed by atoms with Gasteiger partial charge in [0.05, 0.1) is 11.0 Å². The summed E-state index contributed by atoms with van der Waals surface area (Å²) >= 11 is 5.97. The van der Waals surface area contributed by atoms with Crippen molar-refractivity contribution in [2.45, 2.75) is 12.8 Å². The Kier molecular flexibility index (Phi) is 6.91. The Hall–Kier alpha value is -3.42. The quantitative estimate of drug-likeness (QED) is 0.322. The number of Topliss-reactive ketones (excluding diaryl/α,β-unsaturated/α-hetero) is 1. The lowest BCUT2D eigenvalue weighted by atomic mass is 10.1. The van der Waals surface area contributed by atoms with Gasteiger partial charge in [-0.25, -0.2) is 4.98 Å². The number of imidazole rings is 1. The number of nitrogens with one attached hydrogen (secondary N) is 1. The Labute approximate surface area is 198 Å². The second-order valence-electron chi connectivity index (χ2n) is 8.09. The van der Waals surface area contributed by atoms with E-state index in [1.807, 2.05) is 68.2 Å². The summed E-state index contributed by atoms with van der Waals surface area (Å²) in [4.78, 5) is 23.4. The number of rotatable bonds is 9. The largest absolute Gasteiger partial charge is 0.457 e. The molecule has 4 rings (SSSR count). The third kappa shape index (κ3) is 5.69. The van der Waals surface area contributed by atoms with Gasteiger partial charge in [0.25, 0.3) is 0 Å². The molecule has 2 heterocycles. The molecule has 0 bridgehead atoms. The maximum Gasteiger partial charge on any atom is 0.208 e. The number of fused-ring (bicyclic) bond motifs is 1. The zero-order valence-corrected chi connectivity index (χ0v) is 19.6. The van der Waals surface area contributed by atoms with Crippen molar-refractivity contribution >= 4 is 40.1 Å². The van der Waals surface area contributed by atoms with Crippen LogP contribution in [0.1, 0.15) is 23.3 Å². The molecule has 0 fully saturated rings. The number of halogens is 1. The van der Waals surface area contributed by atoms with Gasteiger partial charge in [0, 0.05) is 42.5 Å². The Morgan fingerprint density at radius 3 is 2.61 bits per heavy atom. The summed E-state index contributed by atoms with van der Waals surface area (Å²) < 4.78 is 7.99. The minimum Gasteiger partial charge on any atom is -0.457 e. The normalized spacial score (nSPS) is 11.2. The van der Waals surface area contributed by atoms with Crippen LogP contribution >= 0.6 is 11.6 Å². The van der Waals surface area contributed by atoms with Gasteiger partial charge in [0.2, 0.25) is 5.95 Å². The summed E-state index contributed by atoms with van der Waals surface area (Å²) in [5.74, 6) is 1.92. The van der Waals surface area contributed by atoms with Crippen molar-refractivity contribution in [3.05, 3.63) is 71.5 Å². The fourth-order valence-corrected chi connectivity index (χ4v) is 3.59. The van der Waals surface area contributed by atoms with E-state index in [1.165, 1.54) is 0 Å². The third-order valence-corrected chi connectivity index (χ3v) is 5.47. The molecule has 0 saturated carbocycles. The Bertz CT molecular complexity index is 1270. The van der Waals surface area contributed by atoms with Gasteiger partial charge >= 0.3 is 0 Å². The molecule has 0 unspecified atom stereocenters. The summed E-state index contributed by atoms with van der Waals surface area (Å²) in [7, 11) is 5.93. The van der Waals surface area contributed by atoms with Gasteiger partial charge in [-0.1, -0.05) is 11.6 Å². The van der Waals surface area contributed by atoms with E-state index in [0.29, 0.717) is 34.6 Å². The standard InChI is InChI=1S/C25H26ClN5O2/c1-30(2)14-4-5-24(32)22-16-20(12-13-27-22)33-19-10-11-23-21(15-19)29-25(31(23)3)28-18-8-6-17(26)7-9-18/h6-13,15-16H,4-5,14H2,1-3H3,(H,28,29). The van der Waals surface area contributed by atoms with Crippen LogP contribution in [0.2, 0.25) is 5.02 Å². The number of nitrogens with zero attached hydrogens (tertiary/aromatic N) is 4.